The van der Waals surface area contributed by atoms with Gasteiger partial charge < -0.3 is 5.32 Å². The van der Waals surface area contributed by atoms with Gasteiger partial charge in [0.15, 0.2) is 0 Å². The van der Waals surface area contributed by atoms with E-state index in [1.807, 2.05) is 4.68 Å². The van der Waals surface area contributed by atoms with Crippen molar-refractivity contribution in [3.63, 3.8) is 0 Å². The molecular formula is C19H29N5. The molecule has 0 unspecified atom stereocenters. The van der Waals surface area contributed by atoms with Crippen LogP contribution in [0, 0.1) is 0 Å². The summed E-state index contributed by atoms with van der Waals surface area (Å²) in [6.07, 6.45) is 5.58. The third-order valence-corrected chi connectivity index (χ3v) is 5.13. The number of benzene rings is 1. The lowest BCUT2D eigenvalue weighted by molar-refractivity contribution is 0.0998. The van der Waals surface area contributed by atoms with Crippen LogP contribution in [0.1, 0.15) is 38.3 Å². The first-order valence-corrected chi connectivity index (χ1v) is 8.92. The van der Waals surface area contributed by atoms with Gasteiger partial charge in [-0.1, -0.05) is 24.3 Å². The van der Waals surface area contributed by atoms with Gasteiger partial charge in [-0.3, -0.25) is 9.58 Å². The van der Waals surface area contributed by atoms with Crippen LogP contribution in [0.2, 0.25) is 0 Å². The topological polar surface area (TPSA) is 46.0 Å². The smallest absolute Gasteiger partial charge is 0.137 e. The zero-order chi connectivity index (χ0) is 17.0. The van der Waals surface area contributed by atoms with Gasteiger partial charge in [-0.05, 0) is 44.7 Å². The SMILES string of the molecule is C[C@@H](CCn1cncn1)NCC(C)(C)N1CCc2ccccc2C1. The molecule has 0 fully saturated rings. The van der Waals surface area contributed by atoms with Crippen molar-refractivity contribution in [1.82, 2.24) is 25.0 Å². The highest BCUT2D eigenvalue weighted by molar-refractivity contribution is 5.29. The van der Waals surface area contributed by atoms with Crippen molar-refractivity contribution in [1.29, 1.82) is 0 Å². The molecule has 3 rings (SSSR count). The first kappa shape index (κ1) is 17.1. The van der Waals surface area contributed by atoms with E-state index < -0.39 is 0 Å². The van der Waals surface area contributed by atoms with Crippen LogP contribution in [0.5, 0.6) is 0 Å². The van der Waals surface area contributed by atoms with Crippen LogP contribution in [-0.2, 0) is 19.5 Å². The molecular weight excluding hydrogens is 298 g/mol. The molecule has 0 spiro atoms. The number of nitrogens with zero attached hydrogens (tertiary/aromatic N) is 4. The molecule has 0 saturated heterocycles. The Morgan fingerprint density at radius 1 is 1.25 bits per heavy atom. The molecule has 2 aromatic rings. The second-order valence-electron chi connectivity index (χ2n) is 7.48. The fourth-order valence-electron chi connectivity index (χ4n) is 3.32. The highest BCUT2D eigenvalue weighted by Crippen LogP contribution is 2.25. The molecule has 0 amide bonds. The van der Waals surface area contributed by atoms with Crippen molar-refractivity contribution >= 4 is 0 Å². The first-order valence-electron chi connectivity index (χ1n) is 8.92. The molecule has 0 aliphatic carbocycles. The fourth-order valence-corrected chi connectivity index (χ4v) is 3.32. The van der Waals surface area contributed by atoms with Crippen LogP contribution >= 0.6 is 0 Å². The number of rotatable bonds is 7. The number of fused-ring (bicyclic) bond motifs is 1. The van der Waals surface area contributed by atoms with Crippen molar-refractivity contribution in [2.75, 3.05) is 13.1 Å². The number of aromatic nitrogens is 3. The molecule has 5 nitrogen and oxygen atoms in total. The quantitative estimate of drug-likeness (QED) is 0.849. The highest BCUT2D eigenvalue weighted by Gasteiger charge is 2.29. The number of aryl methyl sites for hydroxylation is 1. The minimum absolute atomic E-state index is 0.148. The van der Waals surface area contributed by atoms with Crippen molar-refractivity contribution in [3.8, 4) is 0 Å². The molecule has 1 aromatic carbocycles. The molecule has 24 heavy (non-hydrogen) atoms. The van der Waals surface area contributed by atoms with E-state index in [0.717, 1.165) is 39.0 Å². The lowest BCUT2D eigenvalue weighted by Gasteiger charge is -2.42. The van der Waals surface area contributed by atoms with Crippen molar-refractivity contribution in [3.05, 3.63) is 48.0 Å². The molecule has 1 aromatic heterocycles. The van der Waals surface area contributed by atoms with Crippen molar-refractivity contribution in [2.24, 2.45) is 0 Å². The summed E-state index contributed by atoms with van der Waals surface area (Å²) < 4.78 is 1.89. The van der Waals surface area contributed by atoms with Crippen molar-refractivity contribution in [2.45, 2.75) is 58.3 Å². The maximum absolute atomic E-state index is 4.16. The Morgan fingerprint density at radius 3 is 2.79 bits per heavy atom. The van der Waals surface area contributed by atoms with E-state index in [1.165, 1.54) is 11.1 Å². The summed E-state index contributed by atoms with van der Waals surface area (Å²) in [5.74, 6) is 0. The van der Waals surface area contributed by atoms with Crippen LogP contribution in [0.3, 0.4) is 0 Å². The number of hydrogen-bond donors (Lipinski definition) is 1. The summed E-state index contributed by atoms with van der Waals surface area (Å²) in [6.45, 7) is 11.0. The van der Waals surface area contributed by atoms with E-state index >= 15 is 0 Å². The summed E-state index contributed by atoms with van der Waals surface area (Å²) >= 11 is 0. The van der Waals surface area contributed by atoms with Crippen LogP contribution < -0.4 is 5.32 Å². The predicted octanol–water partition coefficient (Wildman–Crippen LogP) is 2.48. The Morgan fingerprint density at radius 2 is 2.04 bits per heavy atom. The Bertz CT molecular complexity index is 635. The van der Waals surface area contributed by atoms with Gasteiger partial charge in [-0.25, -0.2) is 4.98 Å². The van der Waals surface area contributed by atoms with E-state index in [1.54, 1.807) is 12.7 Å². The summed E-state index contributed by atoms with van der Waals surface area (Å²) in [6, 6.07) is 9.30. The highest BCUT2D eigenvalue weighted by atomic mass is 15.3. The van der Waals surface area contributed by atoms with Gasteiger partial charge in [0.2, 0.25) is 0 Å². The van der Waals surface area contributed by atoms with E-state index in [-0.39, 0.29) is 5.54 Å². The summed E-state index contributed by atoms with van der Waals surface area (Å²) in [5.41, 5.74) is 3.14. The molecule has 130 valence electrons. The Kier molecular flexibility index (Phi) is 5.31. The second kappa shape index (κ2) is 7.45. The summed E-state index contributed by atoms with van der Waals surface area (Å²) in [7, 11) is 0. The minimum atomic E-state index is 0.148. The zero-order valence-corrected chi connectivity index (χ0v) is 15.1. The molecule has 1 atom stereocenters. The Hall–Kier alpha value is -1.72. The molecule has 0 radical (unpaired) electrons. The maximum atomic E-state index is 4.16. The van der Waals surface area contributed by atoms with Gasteiger partial charge in [-0.2, -0.15) is 5.10 Å². The number of hydrogen-bond acceptors (Lipinski definition) is 4. The first-order chi connectivity index (χ1) is 11.5. The Balaban J connectivity index is 1.49. The van der Waals surface area contributed by atoms with Crippen LogP contribution in [0.15, 0.2) is 36.9 Å². The van der Waals surface area contributed by atoms with Gasteiger partial charge in [0, 0.05) is 37.8 Å². The van der Waals surface area contributed by atoms with E-state index in [0.29, 0.717) is 6.04 Å². The molecule has 1 N–H and O–H groups in total. The van der Waals surface area contributed by atoms with Gasteiger partial charge in [0.05, 0.1) is 0 Å². The standard InChI is InChI=1S/C19H29N5/c1-16(8-11-24-15-20-14-22-24)21-13-19(2,3)23-10-9-17-6-4-5-7-18(17)12-23/h4-7,14-16,21H,8-13H2,1-3H3/t16-/m0/s1. The van der Waals surface area contributed by atoms with Crippen LogP contribution in [0.4, 0.5) is 0 Å². The molecule has 5 heteroatoms. The van der Waals surface area contributed by atoms with Gasteiger partial charge in [0.1, 0.15) is 12.7 Å². The molecule has 2 heterocycles. The normalized spacial score (nSPS) is 16.8. The molecule has 1 aliphatic heterocycles. The van der Waals surface area contributed by atoms with Gasteiger partial charge >= 0.3 is 0 Å². The fraction of sp³-hybridized carbons (Fsp3) is 0.579. The maximum Gasteiger partial charge on any atom is 0.137 e. The van der Waals surface area contributed by atoms with Gasteiger partial charge in [-0.15, -0.1) is 0 Å². The third-order valence-electron chi connectivity index (χ3n) is 5.13. The molecule has 1 aliphatic rings. The van der Waals surface area contributed by atoms with Crippen molar-refractivity contribution < 1.29 is 0 Å². The lowest BCUT2D eigenvalue weighted by atomic mass is 9.94. The predicted molar refractivity (Wildman–Crippen MR) is 96.7 cm³/mol. The summed E-state index contributed by atoms with van der Waals surface area (Å²) in [4.78, 5) is 6.59. The van der Waals surface area contributed by atoms with E-state index in [4.69, 9.17) is 0 Å². The average molecular weight is 327 g/mol. The minimum Gasteiger partial charge on any atom is -0.312 e. The van der Waals surface area contributed by atoms with E-state index in [2.05, 4.69) is 65.3 Å². The molecule has 0 saturated carbocycles. The zero-order valence-electron chi connectivity index (χ0n) is 15.1. The van der Waals surface area contributed by atoms with E-state index in [9.17, 15) is 0 Å². The average Bonchev–Trinajstić information content (AvgIpc) is 3.11. The van der Waals surface area contributed by atoms with Gasteiger partial charge in [0.25, 0.3) is 0 Å². The van der Waals surface area contributed by atoms with Crippen LogP contribution in [-0.4, -0.2) is 44.3 Å². The third kappa shape index (κ3) is 4.22. The molecule has 0 bridgehead atoms. The van der Waals surface area contributed by atoms with Crippen LogP contribution in [0.25, 0.3) is 0 Å². The summed E-state index contributed by atoms with van der Waals surface area (Å²) in [5, 5.41) is 7.86. The second-order valence-corrected chi connectivity index (χ2v) is 7.48. The number of nitrogens with one attached hydrogen (secondary N) is 1. The largest absolute Gasteiger partial charge is 0.312 e. The monoisotopic (exact) mass is 327 g/mol. The Labute approximate surface area is 145 Å². The lowest BCUT2D eigenvalue weighted by Crippen LogP contribution is -2.53.